The molecule has 0 fully saturated rings. The van der Waals surface area contributed by atoms with Gasteiger partial charge in [-0.15, -0.1) is 0 Å². The van der Waals surface area contributed by atoms with E-state index in [9.17, 15) is 10.2 Å². The molecule has 2 aromatic rings. The topological polar surface area (TPSA) is 65.6 Å². The highest BCUT2D eigenvalue weighted by Crippen LogP contribution is 2.24. The fraction of sp³-hybridized carbons (Fsp3) is 0.444. The summed E-state index contributed by atoms with van der Waals surface area (Å²) in [5, 5.41) is 23.8. The molecule has 1 heterocycles. The molecule has 0 spiro atoms. The molecule has 3 unspecified atom stereocenters. The Bertz CT molecular complexity index is 579. The van der Waals surface area contributed by atoms with Crippen molar-refractivity contribution in [2.75, 3.05) is 6.54 Å². The molecule has 0 saturated carbocycles. The second-order valence-electron chi connectivity index (χ2n) is 5.77. The molecule has 120 valence electrons. The summed E-state index contributed by atoms with van der Waals surface area (Å²) < 4.78 is 5.44. The van der Waals surface area contributed by atoms with Crippen LogP contribution in [0.25, 0.3) is 0 Å². The summed E-state index contributed by atoms with van der Waals surface area (Å²) in [6, 6.07) is 11.4. The monoisotopic (exact) mass is 303 g/mol. The molecule has 0 aliphatic carbocycles. The average Bonchev–Trinajstić information content (AvgIpc) is 2.86. The van der Waals surface area contributed by atoms with E-state index in [2.05, 4.69) is 5.32 Å². The van der Waals surface area contributed by atoms with Gasteiger partial charge in [-0.2, -0.15) is 0 Å². The fourth-order valence-corrected chi connectivity index (χ4v) is 2.64. The predicted molar refractivity (Wildman–Crippen MR) is 86.6 cm³/mol. The van der Waals surface area contributed by atoms with Crippen LogP contribution in [0.5, 0.6) is 0 Å². The number of hydrogen-bond donors (Lipinski definition) is 3. The van der Waals surface area contributed by atoms with Crippen LogP contribution < -0.4 is 5.32 Å². The standard InChI is InChI=1S/C18H25NO3/c1-12-11-16(14(3)22-12)17(20)9-10-19-13(2)18(21)15-7-5-4-6-8-15/h4-8,11,13,17-21H,9-10H2,1-3H3. The van der Waals surface area contributed by atoms with Crippen LogP contribution in [0, 0.1) is 13.8 Å². The Morgan fingerprint density at radius 2 is 1.82 bits per heavy atom. The van der Waals surface area contributed by atoms with Gasteiger partial charge in [0, 0.05) is 11.6 Å². The zero-order valence-electron chi connectivity index (χ0n) is 13.4. The molecular formula is C18H25NO3. The van der Waals surface area contributed by atoms with E-state index in [0.717, 1.165) is 22.6 Å². The van der Waals surface area contributed by atoms with Crippen LogP contribution in [0.2, 0.25) is 0 Å². The van der Waals surface area contributed by atoms with E-state index in [0.29, 0.717) is 13.0 Å². The molecule has 0 radical (unpaired) electrons. The van der Waals surface area contributed by atoms with Gasteiger partial charge >= 0.3 is 0 Å². The number of aliphatic hydroxyl groups is 2. The molecule has 22 heavy (non-hydrogen) atoms. The minimum atomic E-state index is -0.559. The molecule has 0 bridgehead atoms. The molecule has 0 aliphatic rings. The number of hydrogen-bond acceptors (Lipinski definition) is 4. The van der Waals surface area contributed by atoms with Crippen molar-refractivity contribution in [2.45, 2.75) is 45.4 Å². The van der Waals surface area contributed by atoms with Gasteiger partial charge in [0.2, 0.25) is 0 Å². The second kappa shape index (κ2) is 7.58. The Hall–Kier alpha value is -1.62. The van der Waals surface area contributed by atoms with Crippen molar-refractivity contribution in [3.63, 3.8) is 0 Å². The Balaban J connectivity index is 1.82. The average molecular weight is 303 g/mol. The maximum absolute atomic E-state index is 10.3. The van der Waals surface area contributed by atoms with Crippen molar-refractivity contribution in [2.24, 2.45) is 0 Å². The van der Waals surface area contributed by atoms with Crippen molar-refractivity contribution < 1.29 is 14.6 Å². The summed E-state index contributed by atoms with van der Waals surface area (Å²) in [5.41, 5.74) is 1.74. The van der Waals surface area contributed by atoms with Gasteiger partial charge in [-0.3, -0.25) is 0 Å². The molecule has 0 aliphatic heterocycles. The van der Waals surface area contributed by atoms with Crippen LogP contribution in [0.15, 0.2) is 40.8 Å². The van der Waals surface area contributed by atoms with E-state index in [1.165, 1.54) is 0 Å². The molecular weight excluding hydrogens is 278 g/mol. The molecule has 1 aromatic carbocycles. The first-order chi connectivity index (χ1) is 10.5. The third-order valence-electron chi connectivity index (χ3n) is 3.94. The number of rotatable bonds is 7. The van der Waals surface area contributed by atoms with Crippen molar-refractivity contribution in [1.82, 2.24) is 5.32 Å². The highest BCUT2D eigenvalue weighted by atomic mass is 16.3. The minimum absolute atomic E-state index is 0.0817. The first-order valence-electron chi connectivity index (χ1n) is 7.70. The molecule has 3 N–H and O–H groups in total. The van der Waals surface area contributed by atoms with Crippen molar-refractivity contribution >= 4 is 0 Å². The molecule has 4 heteroatoms. The van der Waals surface area contributed by atoms with Gasteiger partial charge in [-0.05, 0) is 45.4 Å². The van der Waals surface area contributed by atoms with Crippen LogP contribution in [0.4, 0.5) is 0 Å². The minimum Gasteiger partial charge on any atom is -0.466 e. The van der Waals surface area contributed by atoms with Gasteiger partial charge in [0.15, 0.2) is 0 Å². The molecule has 3 atom stereocenters. The largest absolute Gasteiger partial charge is 0.466 e. The van der Waals surface area contributed by atoms with Gasteiger partial charge in [-0.1, -0.05) is 30.3 Å². The SMILES string of the molecule is Cc1cc(C(O)CCNC(C)C(O)c2ccccc2)c(C)o1. The molecule has 0 saturated heterocycles. The van der Waals surface area contributed by atoms with Crippen LogP contribution in [-0.4, -0.2) is 22.8 Å². The van der Waals surface area contributed by atoms with Crippen molar-refractivity contribution in [1.29, 1.82) is 0 Å². The third kappa shape index (κ3) is 4.19. The normalized spacial score (nSPS) is 15.5. The number of nitrogens with one attached hydrogen (secondary N) is 1. The maximum Gasteiger partial charge on any atom is 0.106 e. The Labute approximate surface area is 131 Å². The van der Waals surface area contributed by atoms with E-state index in [-0.39, 0.29) is 6.04 Å². The summed E-state index contributed by atoms with van der Waals surface area (Å²) >= 11 is 0. The van der Waals surface area contributed by atoms with Crippen molar-refractivity contribution in [3.05, 3.63) is 59.0 Å². The van der Waals surface area contributed by atoms with Crippen LogP contribution in [0.3, 0.4) is 0 Å². The summed E-state index contributed by atoms with van der Waals surface area (Å²) in [5.74, 6) is 1.58. The van der Waals surface area contributed by atoms with Gasteiger partial charge < -0.3 is 19.9 Å². The lowest BCUT2D eigenvalue weighted by molar-refractivity contribution is 0.126. The Morgan fingerprint density at radius 3 is 2.41 bits per heavy atom. The summed E-state index contributed by atoms with van der Waals surface area (Å²) in [6.45, 7) is 6.30. The van der Waals surface area contributed by atoms with Gasteiger partial charge in [0.05, 0.1) is 12.2 Å². The number of aliphatic hydroxyl groups excluding tert-OH is 2. The van der Waals surface area contributed by atoms with Crippen LogP contribution >= 0.6 is 0 Å². The zero-order valence-corrected chi connectivity index (χ0v) is 13.4. The van der Waals surface area contributed by atoms with Crippen LogP contribution in [-0.2, 0) is 0 Å². The molecule has 4 nitrogen and oxygen atoms in total. The van der Waals surface area contributed by atoms with E-state index < -0.39 is 12.2 Å². The lowest BCUT2D eigenvalue weighted by atomic mass is 10.0. The molecule has 0 amide bonds. The smallest absolute Gasteiger partial charge is 0.106 e. The maximum atomic E-state index is 10.3. The number of furan rings is 1. The summed E-state index contributed by atoms with van der Waals surface area (Å²) in [4.78, 5) is 0. The highest BCUT2D eigenvalue weighted by Gasteiger charge is 2.17. The van der Waals surface area contributed by atoms with Gasteiger partial charge in [0.25, 0.3) is 0 Å². The van der Waals surface area contributed by atoms with Gasteiger partial charge in [-0.25, -0.2) is 0 Å². The lowest BCUT2D eigenvalue weighted by Crippen LogP contribution is -2.33. The third-order valence-corrected chi connectivity index (χ3v) is 3.94. The van der Waals surface area contributed by atoms with E-state index in [1.54, 1.807) is 0 Å². The van der Waals surface area contributed by atoms with Gasteiger partial charge in [0.1, 0.15) is 11.5 Å². The highest BCUT2D eigenvalue weighted by molar-refractivity contribution is 5.22. The second-order valence-corrected chi connectivity index (χ2v) is 5.77. The Morgan fingerprint density at radius 1 is 1.14 bits per heavy atom. The van der Waals surface area contributed by atoms with E-state index >= 15 is 0 Å². The number of benzene rings is 1. The lowest BCUT2D eigenvalue weighted by Gasteiger charge is -2.21. The Kier molecular flexibility index (Phi) is 5.77. The quantitative estimate of drug-likeness (QED) is 0.735. The first-order valence-corrected chi connectivity index (χ1v) is 7.70. The summed E-state index contributed by atoms with van der Waals surface area (Å²) in [7, 11) is 0. The predicted octanol–water partition coefficient (Wildman–Crippen LogP) is 3.03. The van der Waals surface area contributed by atoms with E-state index in [1.807, 2.05) is 57.2 Å². The zero-order chi connectivity index (χ0) is 16.1. The first kappa shape index (κ1) is 16.7. The molecule has 2 rings (SSSR count). The van der Waals surface area contributed by atoms with Crippen LogP contribution in [0.1, 0.15) is 48.2 Å². The number of aryl methyl sites for hydroxylation is 2. The van der Waals surface area contributed by atoms with E-state index in [4.69, 9.17) is 4.42 Å². The fourth-order valence-electron chi connectivity index (χ4n) is 2.64. The summed E-state index contributed by atoms with van der Waals surface area (Å²) in [6.07, 6.45) is -0.534. The molecule has 1 aromatic heterocycles. The van der Waals surface area contributed by atoms with Crippen molar-refractivity contribution in [3.8, 4) is 0 Å².